The van der Waals surface area contributed by atoms with E-state index < -0.39 is 0 Å². The smallest absolute Gasteiger partial charge is 0.269 e. The SMILES string of the molecule is CCCCN1C(=O)C(=C2Sc3ccc(OC)cc3N2C)SC1=Nc1ccccc1OC. The Morgan fingerprint density at radius 3 is 2.61 bits per heavy atom. The van der Waals surface area contributed by atoms with Crippen LogP contribution >= 0.6 is 23.5 Å². The summed E-state index contributed by atoms with van der Waals surface area (Å²) in [6.07, 6.45) is 1.92. The van der Waals surface area contributed by atoms with Gasteiger partial charge in [0.2, 0.25) is 0 Å². The van der Waals surface area contributed by atoms with Crippen molar-refractivity contribution in [3.05, 3.63) is 52.4 Å². The van der Waals surface area contributed by atoms with Crippen molar-refractivity contribution in [2.75, 3.05) is 32.7 Å². The highest BCUT2D eigenvalue weighted by molar-refractivity contribution is 8.19. The monoisotopic (exact) mass is 455 g/mol. The van der Waals surface area contributed by atoms with E-state index in [1.807, 2.05) is 49.5 Å². The Kier molecular flexibility index (Phi) is 6.48. The molecule has 2 aliphatic rings. The molecule has 1 saturated heterocycles. The fourth-order valence-corrected chi connectivity index (χ4v) is 5.75. The second-order valence-electron chi connectivity index (χ2n) is 7.11. The molecule has 0 bridgehead atoms. The van der Waals surface area contributed by atoms with Gasteiger partial charge in [-0.25, -0.2) is 4.99 Å². The van der Waals surface area contributed by atoms with Crippen LogP contribution in [0.3, 0.4) is 0 Å². The first-order chi connectivity index (χ1) is 15.1. The van der Waals surface area contributed by atoms with E-state index in [0.29, 0.717) is 28.1 Å². The van der Waals surface area contributed by atoms with Gasteiger partial charge in [-0.2, -0.15) is 0 Å². The third kappa shape index (κ3) is 4.14. The first-order valence-electron chi connectivity index (χ1n) is 10.1. The van der Waals surface area contributed by atoms with Crippen LogP contribution in [0.4, 0.5) is 11.4 Å². The summed E-state index contributed by atoms with van der Waals surface area (Å²) in [5, 5.41) is 1.61. The van der Waals surface area contributed by atoms with E-state index in [1.54, 1.807) is 30.9 Å². The Morgan fingerprint density at radius 1 is 1.06 bits per heavy atom. The number of aliphatic imine (C=N–C) groups is 1. The van der Waals surface area contributed by atoms with Crippen molar-refractivity contribution >= 4 is 46.0 Å². The van der Waals surface area contributed by atoms with Crippen molar-refractivity contribution in [2.24, 2.45) is 4.99 Å². The molecule has 162 valence electrons. The van der Waals surface area contributed by atoms with Crippen LogP contribution in [0.5, 0.6) is 11.5 Å². The minimum Gasteiger partial charge on any atom is -0.497 e. The molecule has 1 amide bonds. The zero-order valence-electron chi connectivity index (χ0n) is 18.0. The summed E-state index contributed by atoms with van der Waals surface area (Å²) in [5.41, 5.74) is 1.75. The average Bonchev–Trinajstić information content (AvgIpc) is 3.28. The van der Waals surface area contributed by atoms with Gasteiger partial charge in [0.25, 0.3) is 5.91 Å². The van der Waals surface area contributed by atoms with Crippen molar-refractivity contribution < 1.29 is 14.3 Å². The molecule has 4 rings (SSSR count). The van der Waals surface area contributed by atoms with Crippen LogP contribution in [0.25, 0.3) is 0 Å². The second-order valence-corrected chi connectivity index (χ2v) is 9.12. The Morgan fingerprint density at radius 2 is 1.87 bits per heavy atom. The molecule has 2 aromatic carbocycles. The average molecular weight is 456 g/mol. The maximum atomic E-state index is 13.4. The summed E-state index contributed by atoms with van der Waals surface area (Å²) >= 11 is 3.04. The van der Waals surface area contributed by atoms with E-state index in [4.69, 9.17) is 14.5 Å². The number of hydrogen-bond donors (Lipinski definition) is 0. The van der Waals surface area contributed by atoms with Gasteiger partial charge in [-0.1, -0.05) is 37.2 Å². The molecule has 6 nitrogen and oxygen atoms in total. The maximum absolute atomic E-state index is 13.4. The van der Waals surface area contributed by atoms with Crippen molar-refractivity contribution in [1.82, 2.24) is 4.90 Å². The van der Waals surface area contributed by atoms with Crippen LogP contribution in [-0.2, 0) is 4.79 Å². The Bertz CT molecular complexity index is 1070. The van der Waals surface area contributed by atoms with E-state index in [9.17, 15) is 4.79 Å². The summed E-state index contributed by atoms with van der Waals surface area (Å²) in [6.45, 7) is 2.76. The first kappa shape index (κ1) is 21.6. The highest BCUT2D eigenvalue weighted by Crippen LogP contribution is 2.51. The molecule has 8 heteroatoms. The highest BCUT2D eigenvalue weighted by atomic mass is 32.2. The van der Waals surface area contributed by atoms with Crippen molar-refractivity contribution in [3.8, 4) is 11.5 Å². The number of unbranched alkanes of at least 4 members (excludes halogenated alkanes) is 1. The zero-order chi connectivity index (χ0) is 22.0. The van der Waals surface area contributed by atoms with E-state index in [1.165, 1.54) is 11.8 Å². The number of para-hydroxylation sites is 2. The lowest BCUT2D eigenvalue weighted by atomic mass is 10.3. The lowest BCUT2D eigenvalue weighted by molar-refractivity contribution is -0.122. The summed E-state index contributed by atoms with van der Waals surface area (Å²) in [4.78, 5) is 23.9. The second kappa shape index (κ2) is 9.28. The number of benzene rings is 2. The van der Waals surface area contributed by atoms with Gasteiger partial charge >= 0.3 is 0 Å². The number of amidine groups is 1. The number of carbonyl (C=O) groups is 1. The van der Waals surface area contributed by atoms with E-state index >= 15 is 0 Å². The number of rotatable bonds is 6. The molecule has 0 N–H and O–H groups in total. The molecule has 0 atom stereocenters. The molecule has 1 fully saturated rings. The zero-order valence-corrected chi connectivity index (χ0v) is 19.7. The predicted octanol–water partition coefficient (Wildman–Crippen LogP) is 5.48. The van der Waals surface area contributed by atoms with Gasteiger partial charge in [-0.05, 0) is 42.4 Å². The number of fused-ring (bicyclic) bond motifs is 1. The van der Waals surface area contributed by atoms with Crippen LogP contribution in [0.2, 0.25) is 0 Å². The summed E-state index contributed by atoms with van der Waals surface area (Å²) in [5.74, 6) is 1.48. The number of anilines is 1. The van der Waals surface area contributed by atoms with Crippen molar-refractivity contribution in [2.45, 2.75) is 24.7 Å². The lowest BCUT2D eigenvalue weighted by Crippen LogP contribution is -2.30. The van der Waals surface area contributed by atoms with Gasteiger partial charge < -0.3 is 14.4 Å². The molecular formula is C23H25N3O3S2. The molecule has 0 aromatic heterocycles. The van der Waals surface area contributed by atoms with Gasteiger partial charge in [0.15, 0.2) is 5.17 Å². The fraction of sp³-hybridized carbons (Fsp3) is 0.304. The number of nitrogens with zero attached hydrogens (tertiary/aromatic N) is 3. The molecule has 0 saturated carbocycles. The molecule has 0 unspecified atom stereocenters. The van der Waals surface area contributed by atoms with E-state index in [0.717, 1.165) is 34.2 Å². The van der Waals surface area contributed by atoms with Gasteiger partial charge in [0.1, 0.15) is 22.1 Å². The normalized spacial score (nSPS) is 19.4. The number of methoxy groups -OCH3 is 2. The van der Waals surface area contributed by atoms with Gasteiger partial charge in [0.05, 0.1) is 24.9 Å². The highest BCUT2D eigenvalue weighted by Gasteiger charge is 2.39. The largest absolute Gasteiger partial charge is 0.497 e. The number of thioether (sulfide) groups is 2. The minimum absolute atomic E-state index is 0.00113. The Labute approximate surface area is 191 Å². The van der Waals surface area contributed by atoms with Crippen LogP contribution in [0, 0.1) is 0 Å². The van der Waals surface area contributed by atoms with E-state index in [-0.39, 0.29) is 5.91 Å². The number of hydrogen-bond acceptors (Lipinski definition) is 7. The molecule has 31 heavy (non-hydrogen) atoms. The molecule has 0 radical (unpaired) electrons. The lowest BCUT2D eigenvalue weighted by Gasteiger charge is -2.16. The molecule has 2 aliphatic heterocycles. The molecule has 0 aliphatic carbocycles. The van der Waals surface area contributed by atoms with Crippen molar-refractivity contribution in [3.63, 3.8) is 0 Å². The number of ether oxygens (including phenoxy) is 2. The van der Waals surface area contributed by atoms with Crippen LogP contribution < -0.4 is 14.4 Å². The quantitative estimate of drug-likeness (QED) is 0.538. The third-order valence-electron chi connectivity index (χ3n) is 5.13. The third-order valence-corrected chi connectivity index (χ3v) is 7.57. The molecule has 2 aromatic rings. The van der Waals surface area contributed by atoms with Gasteiger partial charge in [-0.15, -0.1) is 0 Å². The summed E-state index contributed by atoms with van der Waals surface area (Å²) in [7, 11) is 5.27. The minimum atomic E-state index is 0.00113. The van der Waals surface area contributed by atoms with Crippen LogP contribution in [-0.4, -0.2) is 43.8 Å². The predicted molar refractivity (Wildman–Crippen MR) is 129 cm³/mol. The standard InChI is InChI=1S/C23H25N3O3S2/c1-5-6-13-26-21(27)20(31-23(26)24-16-9-7-8-10-18(16)29-4)22-25(2)17-14-15(28-3)11-12-19(17)30-22/h7-12,14H,5-6,13H2,1-4H3. The molecule has 0 spiro atoms. The van der Waals surface area contributed by atoms with Crippen molar-refractivity contribution in [1.29, 1.82) is 0 Å². The van der Waals surface area contributed by atoms with Crippen LogP contribution in [0.1, 0.15) is 19.8 Å². The summed E-state index contributed by atoms with van der Waals surface area (Å²) in [6, 6.07) is 13.6. The Balaban J connectivity index is 1.73. The molecule has 2 heterocycles. The van der Waals surface area contributed by atoms with Gasteiger partial charge in [-0.3, -0.25) is 9.69 Å². The first-order valence-corrected chi connectivity index (χ1v) is 11.8. The topological polar surface area (TPSA) is 54.4 Å². The fourth-order valence-electron chi connectivity index (χ4n) is 3.41. The van der Waals surface area contributed by atoms with Gasteiger partial charge in [0, 0.05) is 24.6 Å². The molecular weight excluding hydrogens is 430 g/mol. The number of carbonyl (C=O) groups excluding carboxylic acids is 1. The Hall–Kier alpha value is -2.58. The number of amides is 1. The maximum Gasteiger partial charge on any atom is 0.269 e. The summed E-state index contributed by atoms with van der Waals surface area (Å²) < 4.78 is 10.8. The van der Waals surface area contributed by atoms with E-state index in [2.05, 4.69) is 11.8 Å². The van der Waals surface area contributed by atoms with Crippen LogP contribution in [0.15, 0.2) is 62.3 Å².